The van der Waals surface area contributed by atoms with Gasteiger partial charge in [0.2, 0.25) is 5.95 Å². The molecule has 1 aliphatic heterocycles. The topological polar surface area (TPSA) is 101 Å². The highest BCUT2D eigenvalue weighted by Crippen LogP contribution is 2.24. The summed E-state index contributed by atoms with van der Waals surface area (Å²) >= 11 is 0. The Morgan fingerprint density at radius 2 is 1.85 bits per heavy atom. The molecule has 1 fully saturated rings. The summed E-state index contributed by atoms with van der Waals surface area (Å²) in [7, 11) is -3.05. The third kappa shape index (κ3) is 5.03. The van der Waals surface area contributed by atoms with Crippen LogP contribution in [0.25, 0.3) is 0 Å². The molecule has 0 saturated carbocycles. The maximum atomic E-state index is 12.3. The van der Waals surface area contributed by atoms with Gasteiger partial charge in [0, 0.05) is 17.9 Å². The van der Waals surface area contributed by atoms with Crippen LogP contribution in [0.2, 0.25) is 0 Å². The fourth-order valence-electron chi connectivity index (χ4n) is 2.90. The molecule has 8 heteroatoms. The first kappa shape index (κ1) is 19.3. The molecule has 2 heterocycles. The fraction of sp³-hybridized carbons (Fsp3) is 0.421. The van der Waals surface area contributed by atoms with Gasteiger partial charge in [0.15, 0.2) is 9.84 Å². The lowest BCUT2D eigenvalue weighted by molar-refractivity contribution is 0.0936. The summed E-state index contributed by atoms with van der Waals surface area (Å²) in [5.41, 5.74) is 2.31. The van der Waals surface area contributed by atoms with Crippen LogP contribution in [0.15, 0.2) is 36.5 Å². The van der Waals surface area contributed by atoms with Crippen LogP contribution in [0.1, 0.15) is 43.2 Å². The van der Waals surface area contributed by atoms with Gasteiger partial charge in [-0.1, -0.05) is 32.9 Å². The van der Waals surface area contributed by atoms with Gasteiger partial charge in [0.25, 0.3) is 5.91 Å². The number of anilines is 2. The number of sulfone groups is 1. The molecule has 1 amide bonds. The molecule has 0 bridgehead atoms. The Balaban J connectivity index is 1.67. The molecule has 1 saturated heterocycles. The third-order valence-electron chi connectivity index (χ3n) is 4.46. The second kappa shape index (κ2) is 7.26. The van der Waals surface area contributed by atoms with E-state index in [0.29, 0.717) is 12.4 Å². The molecular weight excluding hydrogens is 364 g/mol. The number of nitrogens with zero attached hydrogens (tertiary/aromatic N) is 2. The highest BCUT2D eigenvalue weighted by atomic mass is 32.2. The van der Waals surface area contributed by atoms with Gasteiger partial charge in [-0.15, -0.1) is 0 Å². The van der Waals surface area contributed by atoms with E-state index in [0.717, 1.165) is 5.69 Å². The van der Waals surface area contributed by atoms with Crippen LogP contribution < -0.4 is 10.6 Å². The number of carbonyl (C=O) groups excluding carboxylic acids is 1. The third-order valence-corrected chi connectivity index (χ3v) is 6.23. The Morgan fingerprint density at radius 3 is 2.44 bits per heavy atom. The van der Waals surface area contributed by atoms with E-state index in [1.807, 2.05) is 24.3 Å². The second-order valence-electron chi connectivity index (χ2n) is 7.79. The van der Waals surface area contributed by atoms with Crippen LogP contribution >= 0.6 is 0 Å². The van der Waals surface area contributed by atoms with Crippen molar-refractivity contribution in [2.75, 3.05) is 16.8 Å². The van der Waals surface area contributed by atoms with Crippen LogP contribution in [0.3, 0.4) is 0 Å². The Morgan fingerprint density at radius 1 is 1.15 bits per heavy atom. The van der Waals surface area contributed by atoms with Crippen molar-refractivity contribution in [3.8, 4) is 0 Å². The lowest BCUT2D eigenvalue weighted by atomic mass is 9.87. The highest BCUT2D eigenvalue weighted by Gasteiger charge is 2.29. The molecule has 1 aromatic carbocycles. The molecule has 1 aliphatic rings. The zero-order chi connectivity index (χ0) is 19.7. The number of rotatable bonds is 4. The predicted octanol–water partition coefficient (Wildman–Crippen LogP) is 2.43. The minimum absolute atomic E-state index is 0.0188. The highest BCUT2D eigenvalue weighted by molar-refractivity contribution is 7.91. The van der Waals surface area contributed by atoms with Crippen molar-refractivity contribution >= 4 is 27.4 Å². The standard InChI is InChI=1S/C19H24N4O3S/c1-19(2,3)13-4-6-14(7-5-13)22-18-20-10-8-16(23-18)17(24)21-15-9-11-27(25,26)12-15/h4-8,10,15H,9,11-12H2,1-3H3,(H,21,24)(H,20,22,23). The number of hydrogen-bond acceptors (Lipinski definition) is 6. The van der Waals surface area contributed by atoms with Gasteiger partial charge in [0.1, 0.15) is 5.69 Å². The van der Waals surface area contributed by atoms with E-state index in [4.69, 9.17) is 0 Å². The van der Waals surface area contributed by atoms with Crippen LogP contribution in [0.5, 0.6) is 0 Å². The average molecular weight is 388 g/mol. The zero-order valence-corrected chi connectivity index (χ0v) is 16.5. The fourth-order valence-corrected chi connectivity index (χ4v) is 4.57. The largest absolute Gasteiger partial charge is 0.347 e. The summed E-state index contributed by atoms with van der Waals surface area (Å²) in [6, 6.07) is 9.12. The lowest BCUT2D eigenvalue weighted by Crippen LogP contribution is -2.36. The van der Waals surface area contributed by atoms with Crippen LogP contribution in [-0.4, -0.2) is 41.8 Å². The van der Waals surface area contributed by atoms with Crippen molar-refractivity contribution < 1.29 is 13.2 Å². The van der Waals surface area contributed by atoms with Gasteiger partial charge in [-0.3, -0.25) is 4.79 Å². The van der Waals surface area contributed by atoms with Gasteiger partial charge in [-0.25, -0.2) is 18.4 Å². The summed E-state index contributed by atoms with van der Waals surface area (Å²) in [5.74, 6) is 0.00422. The van der Waals surface area contributed by atoms with Crippen molar-refractivity contribution in [3.63, 3.8) is 0 Å². The van der Waals surface area contributed by atoms with Gasteiger partial charge in [0.05, 0.1) is 11.5 Å². The first-order valence-electron chi connectivity index (χ1n) is 8.84. The molecule has 144 valence electrons. The summed E-state index contributed by atoms with van der Waals surface area (Å²) in [6.45, 7) is 6.45. The normalized spacial score (nSPS) is 18.9. The number of hydrogen-bond donors (Lipinski definition) is 2. The number of carbonyl (C=O) groups is 1. The van der Waals surface area contributed by atoms with Crippen molar-refractivity contribution in [2.24, 2.45) is 0 Å². The van der Waals surface area contributed by atoms with E-state index in [2.05, 4.69) is 41.4 Å². The van der Waals surface area contributed by atoms with E-state index < -0.39 is 15.7 Å². The zero-order valence-electron chi connectivity index (χ0n) is 15.7. The van der Waals surface area contributed by atoms with E-state index in [1.165, 1.54) is 17.8 Å². The SMILES string of the molecule is CC(C)(C)c1ccc(Nc2nccc(C(=O)NC3CCS(=O)(=O)C3)n2)cc1. The van der Waals surface area contributed by atoms with Gasteiger partial charge < -0.3 is 10.6 Å². The molecular formula is C19H24N4O3S. The Kier molecular flexibility index (Phi) is 5.19. The van der Waals surface area contributed by atoms with Crippen LogP contribution in [-0.2, 0) is 15.3 Å². The minimum Gasteiger partial charge on any atom is -0.347 e. The summed E-state index contributed by atoms with van der Waals surface area (Å²) in [5, 5.41) is 5.82. The summed E-state index contributed by atoms with van der Waals surface area (Å²) in [6.07, 6.45) is 1.93. The molecule has 1 aromatic heterocycles. The van der Waals surface area contributed by atoms with Crippen LogP contribution in [0, 0.1) is 0 Å². The second-order valence-corrected chi connectivity index (χ2v) is 10.0. The number of amides is 1. The van der Waals surface area contributed by atoms with Gasteiger partial charge in [-0.2, -0.15) is 0 Å². The summed E-state index contributed by atoms with van der Waals surface area (Å²) in [4.78, 5) is 20.7. The molecule has 3 rings (SSSR count). The molecule has 2 aromatic rings. The Hall–Kier alpha value is -2.48. The molecule has 27 heavy (non-hydrogen) atoms. The number of benzene rings is 1. The predicted molar refractivity (Wildman–Crippen MR) is 105 cm³/mol. The maximum Gasteiger partial charge on any atom is 0.270 e. The molecule has 0 spiro atoms. The number of nitrogens with one attached hydrogen (secondary N) is 2. The van der Waals surface area contributed by atoms with E-state index in [1.54, 1.807) is 0 Å². The first-order chi connectivity index (χ1) is 12.6. The first-order valence-corrected chi connectivity index (χ1v) is 10.7. The van der Waals surface area contributed by atoms with Crippen molar-refractivity contribution in [1.29, 1.82) is 0 Å². The van der Waals surface area contributed by atoms with Crippen molar-refractivity contribution in [2.45, 2.75) is 38.6 Å². The van der Waals surface area contributed by atoms with Gasteiger partial charge >= 0.3 is 0 Å². The van der Waals surface area contributed by atoms with Crippen molar-refractivity contribution in [3.05, 3.63) is 47.8 Å². The molecule has 1 atom stereocenters. The summed E-state index contributed by atoms with van der Waals surface area (Å²) < 4.78 is 23.0. The Labute approximate surface area is 159 Å². The quantitative estimate of drug-likeness (QED) is 0.834. The van der Waals surface area contributed by atoms with Crippen molar-refractivity contribution in [1.82, 2.24) is 15.3 Å². The molecule has 0 aliphatic carbocycles. The molecule has 7 nitrogen and oxygen atoms in total. The average Bonchev–Trinajstić information content (AvgIpc) is 2.93. The van der Waals surface area contributed by atoms with E-state index in [-0.39, 0.29) is 28.7 Å². The maximum absolute atomic E-state index is 12.3. The Bertz CT molecular complexity index is 934. The smallest absolute Gasteiger partial charge is 0.270 e. The monoisotopic (exact) mass is 388 g/mol. The lowest BCUT2D eigenvalue weighted by Gasteiger charge is -2.19. The van der Waals surface area contributed by atoms with E-state index in [9.17, 15) is 13.2 Å². The molecule has 1 unspecified atom stereocenters. The van der Waals surface area contributed by atoms with E-state index >= 15 is 0 Å². The van der Waals surface area contributed by atoms with Gasteiger partial charge in [-0.05, 0) is 35.6 Å². The van der Waals surface area contributed by atoms with Crippen LogP contribution in [0.4, 0.5) is 11.6 Å². The molecule has 2 N–H and O–H groups in total. The molecule has 0 radical (unpaired) electrons. The minimum atomic E-state index is -3.05. The number of aromatic nitrogens is 2.